The molecule has 26 heavy (non-hydrogen) atoms. The monoisotopic (exact) mass is 353 g/mol. The fourth-order valence-corrected chi connectivity index (χ4v) is 3.01. The quantitative estimate of drug-likeness (QED) is 0.860. The molecule has 2 aliphatic rings. The number of hydrogen-bond acceptors (Lipinski definition) is 6. The van der Waals surface area contributed by atoms with Crippen LogP contribution in [0.1, 0.15) is 29.0 Å². The molecule has 2 aromatic rings. The predicted octanol–water partition coefficient (Wildman–Crippen LogP) is 2.45. The maximum Gasteiger partial charge on any atom is 0.274 e. The number of nitrogens with one attached hydrogen (secondary N) is 2. The average molecular weight is 353 g/mol. The Labute approximate surface area is 152 Å². The summed E-state index contributed by atoms with van der Waals surface area (Å²) in [5, 5.41) is 6.26. The predicted molar refractivity (Wildman–Crippen MR) is 101 cm³/mol. The zero-order valence-corrected chi connectivity index (χ0v) is 14.9. The maximum atomic E-state index is 12.8. The van der Waals surface area contributed by atoms with E-state index in [2.05, 4.69) is 25.5 Å². The third-order valence-electron chi connectivity index (χ3n) is 4.50. The number of rotatable bonds is 5. The number of para-hydroxylation sites is 2. The van der Waals surface area contributed by atoms with Gasteiger partial charge in [-0.25, -0.2) is 9.97 Å². The van der Waals surface area contributed by atoms with E-state index in [1.807, 2.05) is 31.2 Å². The van der Waals surface area contributed by atoms with Crippen LogP contribution in [0.15, 0.2) is 30.3 Å². The molecular formula is C19H23N5O2. The smallest absolute Gasteiger partial charge is 0.274 e. The number of nitrogens with zero attached hydrogens (tertiary/aromatic N) is 3. The fraction of sp³-hybridized carbons (Fsp3) is 0.421. The van der Waals surface area contributed by atoms with E-state index in [1.54, 1.807) is 6.07 Å². The first kappa shape index (κ1) is 16.8. The Bertz CT molecular complexity index is 800. The van der Waals surface area contributed by atoms with Crippen molar-refractivity contribution in [3.8, 4) is 0 Å². The molecular weight excluding hydrogens is 330 g/mol. The number of benzene rings is 1. The maximum absolute atomic E-state index is 12.8. The molecule has 0 bridgehead atoms. The molecule has 7 nitrogen and oxygen atoms in total. The van der Waals surface area contributed by atoms with Gasteiger partial charge in [0.1, 0.15) is 5.69 Å². The number of aryl methyl sites for hydroxylation is 1. The molecule has 1 aliphatic heterocycles. The zero-order chi connectivity index (χ0) is 17.9. The van der Waals surface area contributed by atoms with Crippen LogP contribution < -0.4 is 15.5 Å². The first-order valence-electron chi connectivity index (χ1n) is 9.04. The normalized spacial score (nSPS) is 17.0. The lowest BCUT2D eigenvalue weighted by Gasteiger charge is -2.30. The van der Waals surface area contributed by atoms with Crippen LogP contribution in [0, 0.1) is 6.92 Å². The van der Waals surface area contributed by atoms with Gasteiger partial charge in [-0.2, -0.15) is 0 Å². The number of anilines is 3. The van der Waals surface area contributed by atoms with Gasteiger partial charge in [0.15, 0.2) is 0 Å². The Balaban J connectivity index is 1.54. The lowest BCUT2D eigenvalue weighted by atomic mass is 10.2. The van der Waals surface area contributed by atoms with E-state index in [-0.39, 0.29) is 5.91 Å². The average Bonchev–Trinajstić information content (AvgIpc) is 3.46. The summed E-state index contributed by atoms with van der Waals surface area (Å²) >= 11 is 0. The van der Waals surface area contributed by atoms with Gasteiger partial charge in [-0.3, -0.25) is 4.79 Å². The van der Waals surface area contributed by atoms with Crippen LogP contribution >= 0.6 is 0 Å². The van der Waals surface area contributed by atoms with Crippen molar-refractivity contribution < 1.29 is 9.53 Å². The summed E-state index contributed by atoms with van der Waals surface area (Å²) < 4.78 is 5.42. The van der Waals surface area contributed by atoms with Crippen molar-refractivity contribution in [3.63, 3.8) is 0 Å². The number of ether oxygens (including phenoxy) is 1. The molecule has 0 unspecified atom stereocenters. The van der Waals surface area contributed by atoms with Crippen LogP contribution in [0.5, 0.6) is 0 Å². The summed E-state index contributed by atoms with van der Waals surface area (Å²) in [6.45, 7) is 4.90. The third kappa shape index (κ3) is 3.94. The van der Waals surface area contributed by atoms with Gasteiger partial charge in [-0.05, 0) is 38.0 Å². The van der Waals surface area contributed by atoms with Crippen molar-refractivity contribution in [1.29, 1.82) is 0 Å². The first-order chi connectivity index (χ1) is 12.7. The summed E-state index contributed by atoms with van der Waals surface area (Å²) in [6, 6.07) is 9.99. The fourth-order valence-electron chi connectivity index (χ4n) is 3.01. The van der Waals surface area contributed by atoms with E-state index in [0.29, 0.717) is 30.9 Å². The minimum atomic E-state index is -0.227. The summed E-state index contributed by atoms with van der Waals surface area (Å²) in [5.41, 5.74) is 2.94. The summed E-state index contributed by atoms with van der Waals surface area (Å²) in [7, 11) is 0. The number of hydrogen-bond donors (Lipinski definition) is 2. The van der Waals surface area contributed by atoms with E-state index in [4.69, 9.17) is 4.74 Å². The minimum absolute atomic E-state index is 0.227. The Morgan fingerprint density at radius 2 is 1.96 bits per heavy atom. The van der Waals surface area contributed by atoms with E-state index < -0.39 is 0 Å². The lowest BCUT2D eigenvalue weighted by molar-refractivity contribution is 0.102. The van der Waals surface area contributed by atoms with Gasteiger partial charge in [0.25, 0.3) is 5.91 Å². The molecule has 1 saturated carbocycles. The molecule has 1 aromatic heterocycles. The van der Waals surface area contributed by atoms with Gasteiger partial charge >= 0.3 is 0 Å². The second-order valence-electron chi connectivity index (χ2n) is 6.71. The molecule has 2 fully saturated rings. The molecule has 1 amide bonds. The largest absolute Gasteiger partial charge is 0.378 e. The second-order valence-corrected chi connectivity index (χ2v) is 6.71. The first-order valence-corrected chi connectivity index (χ1v) is 9.04. The van der Waals surface area contributed by atoms with Gasteiger partial charge < -0.3 is 20.3 Å². The highest BCUT2D eigenvalue weighted by Gasteiger charge is 2.23. The van der Waals surface area contributed by atoms with Crippen LogP contribution in [-0.2, 0) is 4.74 Å². The van der Waals surface area contributed by atoms with Crippen molar-refractivity contribution in [2.75, 3.05) is 41.8 Å². The van der Waals surface area contributed by atoms with Crippen LogP contribution in [0.2, 0.25) is 0 Å². The summed E-state index contributed by atoms with van der Waals surface area (Å²) in [4.78, 5) is 23.8. The Kier molecular flexibility index (Phi) is 4.71. The highest BCUT2D eigenvalue weighted by atomic mass is 16.5. The molecule has 1 aliphatic carbocycles. The third-order valence-corrected chi connectivity index (χ3v) is 4.50. The van der Waals surface area contributed by atoms with Gasteiger partial charge in [-0.1, -0.05) is 12.1 Å². The number of carbonyl (C=O) groups is 1. The second kappa shape index (κ2) is 7.29. The molecule has 7 heteroatoms. The molecule has 4 rings (SSSR count). The lowest BCUT2D eigenvalue weighted by Crippen LogP contribution is -2.36. The molecule has 0 radical (unpaired) electrons. The number of amides is 1. The SMILES string of the molecule is Cc1cc(C(=O)Nc2ccccc2N2CCOCC2)nc(NC2CC2)n1. The Morgan fingerprint density at radius 1 is 1.19 bits per heavy atom. The highest BCUT2D eigenvalue weighted by molar-refractivity contribution is 6.04. The van der Waals surface area contributed by atoms with Crippen LogP contribution in [0.3, 0.4) is 0 Å². The van der Waals surface area contributed by atoms with Crippen molar-refractivity contribution in [2.45, 2.75) is 25.8 Å². The Hall–Kier alpha value is -2.67. The molecule has 136 valence electrons. The molecule has 2 heterocycles. The van der Waals surface area contributed by atoms with E-state index in [0.717, 1.165) is 43.0 Å². The summed E-state index contributed by atoms with van der Waals surface area (Å²) in [5.74, 6) is 0.300. The number of morpholine rings is 1. The number of carbonyl (C=O) groups excluding carboxylic acids is 1. The zero-order valence-electron chi connectivity index (χ0n) is 14.9. The molecule has 1 saturated heterocycles. The summed E-state index contributed by atoms with van der Waals surface area (Å²) in [6.07, 6.45) is 2.26. The van der Waals surface area contributed by atoms with E-state index in [9.17, 15) is 4.79 Å². The number of aromatic nitrogens is 2. The van der Waals surface area contributed by atoms with Crippen molar-refractivity contribution in [3.05, 3.63) is 41.7 Å². The van der Waals surface area contributed by atoms with Crippen molar-refractivity contribution >= 4 is 23.2 Å². The van der Waals surface area contributed by atoms with Crippen LogP contribution in [-0.4, -0.2) is 48.2 Å². The molecule has 2 N–H and O–H groups in total. The van der Waals surface area contributed by atoms with E-state index >= 15 is 0 Å². The van der Waals surface area contributed by atoms with Crippen LogP contribution in [0.4, 0.5) is 17.3 Å². The molecule has 1 aromatic carbocycles. The van der Waals surface area contributed by atoms with Gasteiger partial charge in [0.05, 0.1) is 24.6 Å². The molecule has 0 atom stereocenters. The van der Waals surface area contributed by atoms with Gasteiger partial charge in [0.2, 0.25) is 5.95 Å². The van der Waals surface area contributed by atoms with Gasteiger partial charge in [0, 0.05) is 24.8 Å². The van der Waals surface area contributed by atoms with Crippen molar-refractivity contribution in [2.24, 2.45) is 0 Å². The van der Waals surface area contributed by atoms with E-state index in [1.165, 1.54) is 0 Å². The van der Waals surface area contributed by atoms with Crippen LogP contribution in [0.25, 0.3) is 0 Å². The minimum Gasteiger partial charge on any atom is -0.378 e. The topological polar surface area (TPSA) is 79.4 Å². The van der Waals surface area contributed by atoms with Gasteiger partial charge in [-0.15, -0.1) is 0 Å². The van der Waals surface area contributed by atoms with Crippen molar-refractivity contribution in [1.82, 2.24) is 9.97 Å². The molecule has 0 spiro atoms. The highest BCUT2D eigenvalue weighted by Crippen LogP contribution is 2.27. The Morgan fingerprint density at radius 3 is 2.73 bits per heavy atom. The standard InChI is InChI=1S/C19H23N5O2/c1-13-12-16(23-19(20-13)21-14-6-7-14)18(25)22-15-4-2-3-5-17(15)24-8-10-26-11-9-24/h2-5,12,14H,6-11H2,1H3,(H,22,25)(H,20,21,23).